The van der Waals surface area contributed by atoms with Crippen LogP contribution < -0.4 is 0 Å². The molecule has 1 aromatic heterocycles. The van der Waals surface area contributed by atoms with Crippen LogP contribution in [0.25, 0.3) is 0 Å². The minimum Gasteiger partial charge on any atom is -0.480 e. The lowest BCUT2D eigenvalue weighted by Crippen LogP contribution is -2.46. The van der Waals surface area contributed by atoms with E-state index in [1.165, 1.54) is 9.80 Å². The second kappa shape index (κ2) is 6.09. The van der Waals surface area contributed by atoms with Gasteiger partial charge in [-0.15, -0.1) is 0 Å². The van der Waals surface area contributed by atoms with Gasteiger partial charge in [0.15, 0.2) is 0 Å². The quantitative estimate of drug-likeness (QED) is 0.844. The molecule has 21 heavy (non-hydrogen) atoms. The fourth-order valence-corrected chi connectivity index (χ4v) is 2.48. The molecule has 2 atom stereocenters. The maximum absolute atomic E-state index is 12.3. The summed E-state index contributed by atoms with van der Waals surface area (Å²) in [6.07, 6.45) is -0.724. The Hall–Kier alpha value is -2.15. The largest absolute Gasteiger partial charge is 0.480 e. The monoisotopic (exact) mass is 293 g/mol. The first-order valence-electron chi connectivity index (χ1n) is 6.73. The van der Waals surface area contributed by atoms with Crippen molar-refractivity contribution in [3.05, 3.63) is 29.6 Å². The van der Waals surface area contributed by atoms with Gasteiger partial charge in [0, 0.05) is 25.7 Å². The zero-order valence-electron chi connectivity index (χ0n) is 12.1. The number of amides is 2. The normalized spacial score (nSPS) is 21.4. The highest BCUT2D eigenvalue weighted by molar-refractivity contribution is 5.83. The Morgan fingerprint density at radius 3 is 2.81 bits per heavy atom. The molecule has 2 N–H and O–H groups in total. The summed E-state index contributed by atoms with van der Waals surface area (Å²) >= 11 is 0. The van der Waals surface area contributed by atoms with Crippen molar-refractivity contribution in [1.29, 1.82) is 0 Å². The molecule has 1 aliphatic rings. The number of aliphatic hydroxyl groups excluding tert-OH is 1. The predicted molar refractivity (Wildman–Crippen MR) is 74.6 cm³/mol. The van der Waals surface area contributed by atoms with Crippen LogP contribution in [0.1, 0.15) is 17.8 Å². The minimum absolute atomic E-state index is 0.0430. The molecule has 114 valence electrons. The molecule has 2 heterocycles. The Bertz CT molecular complexity index is 549. The van der Waals surface area contributed by atoms with Gasteiger partial charge >= 0.3 is 12.0 Å². The van der Waals surface area contributed by atoms with Crippen molar-refractivity contribution >= 4 is 12.0 Å². The van der Waals surface area contributed by atoms with Crippen molar-refractivity contribution in [3.63, 3.8) is 0 Å². The second-order valence-corrected chi connectivity index (χ2v) is 5.30. The zero-order valence-corrected chi connectivity index (χ0v) is 12.1. The third-order valence-electron chi connectivity index (χ3n) is 3.48. The number of carbonyl (C=O) groups is 2. The zero-order chi connectivity index (χ0) is 15.6. The van der Waals surface area contributed by atoms with E-state index in [4.69, 9.17) is 5.11 Å². The fourth-order valence-electron chi connectivity index (χ4n) is 2.48. The van der Waals surface area contributed by atoms with Gasteiger partial charge in [-0.2, -0.15) is 0 Å². The molecule has 2 rings (SSSR count). The van der Waals surface area contributed by atoms with Gasteiger partial charge in [0.1, 0.15) is 6.04 Å². The molecule has 0 spiro atoms. The molecule has 1 aliphatic heterocycles. The number of aryl methyl sites for hydroxylation is 1. The number of aromatic nitrogens is 1. The first-order valence-corrected chi connectivity index (χ1v) is 6.73. The van der Waals surface area contributed by atoms with E-state index in [0.29, 0.717) is 6.54 Å². The number of carboxylic acid groups (broad SMARTS) is 1. The maximum atomic E-state index is 12.3. The van der Waals surface area contributed by atoms with E-state index in [9.17, 15) is 14.7 Å². The maximum Gasteiger partial charge on any atom is 0.326 e. The van der Waals surface area contributed by atoms with E-state index < -0.39 is 24.1 Å². The number of aliphatic carboxylic acids is 1. The topological polar surface area (TPSA) is 94.0 Å². The van der Waals surface area contributed by atoms with Crippen molar-refractivity contribution in [1.82, 2.24) is 14.8 Å². The van der Waals surface area contributed by atoms with Gasteiger partial charge in [0.05, 0.1) is 18.3 Å². The average molecular weight is 293 g/mol. The van der Waals surface area contributed by atoms with Crippen LogP contribution in [0.15, 0.2) is 18.2 Å². The third-order valence-corrected chi connectivity index (χ3v) is 3.48. The molecule has 0 bridgehead atoms. The fraction of sp³-hybridized carbons (Fsp3) is 0.500. The molecule has 1 aromatic rings. The number of nitrogens with zero attached hydrogens (tertiary/aromatic N) is 3. The van der Waals surface area contributed by atoms with Crippen molar-refractivity contribution in [3.8, 4) is 0 Å². The molecule has 0 aromatic carbocycles. The lowest BCUT2D eigenvalue weighted by Gasteiger charge is -2.27. The smallest absolute Gasteiger partial charge is 0.326 e. The number of likely N-dealkylation sites (tertiary alicyclic amines) is 1. The summed E-state index contributed by atoms with van der Waals surface area (Å²) in [4.78, 5) is 30.4. The molecule has 7 nitrogen and oxygen atoms in total. The summed E-state index contributed by atoms with van der Waals surface area (Å²) in [5.74, 6) is -1.10. The molecule has 1 saturated heterocycles. The van der Waals surface area contributed by atoms with Crippen LogP contribution in [0.3, 0.4) is 0 Å². The Labute approximate surface area is 122 Å². The number of carboxylic acids is 1. The van der Waals surface area contributed by atoms with Crippen LogP contribution in [-0.4, -0.2) is 62.7 Å². The highest BCUT2D eigenvalue weighted by atomic mass is 16.4. The summed E-state index contributed by atoms with van der Waals surface area (Å²) in [5.41, 5.74) is 1.59. The average Bonchev–Trinajstić information content (AvgIpc) is 2.80. The standard InChI is InChI=1S/C14H19N3O4/c1-9-4-3-5-10(15-9)7-16(2)14(21)17-8-11(18)6-12(17)13(19)20/h3-5,11-12,18H,6-8H2,1-2H3,(H,19,20)/t11-,12+/m1/s1. The molecule has 7 heteroatoms. The number of β-amino-alcohol motifs (C(OH)–C–C–N with tert-alkyl or cyclic N) is 1. The van der Waals surface area contributed by atoms with Gasteiger partial charge in [-0.05, 0) is 19.1 Å². The summed E-state index contributed by atoms with van der Waals surface area (Å²) in [7, 11) is 1.59. The van der Waals surface area contributed by atoms with Gasteiger partial charge in [-0.3, -0.25) is 4.98 Å². The second-order valence-electron chi connectivity index (χ2n) is 5.30. The number of rotatable bonds is 3. The Balaban J connectivity index is 2.06. The lowest BCUT2D eigenvalue weighted by molar-refractivity contribution is -0.141. The van der Waals surface area contributed by atoms with E-state index in [1.807, 2.05) is 25.1 Å². The van der Waals surface area contributed by atoms with E-state index in [1.54, 1.807) is 7.05 Å². The van der Waals surface area contributed by atoms with E-state index in [-0.39, 0.29) is 13.0 Å². The SMILES string of the molecule is Cc1cccc(CN(C)C(=O)N2C[C@H](O)C[C@H]2C(=O)O)n1. The summed E-state index contributed by atoms with van der Waals surface area (Å²) in [5, 5.41) is 18.7. The summed E-state index contributed by atoms with van der Waals surface area (Å²) < 4.78 is 0. The van der Waals surface area contributed by atoms with Gasteiger partial charge in [0.25, 0.3) is 0 Å². The molecule has 0 aliphatic carbocycles. The van der Waals surface area contributed by atoms with Crippen LogP contribution in [0.2, 0.25) is 0 Å². The molecule has 0 radical (unpaired) electrons. The summed E-state index contributed by atoms with van der Waals surface area (Å²) in [6, 6.07) is 4.14. The van der Waals surface area contributed by atoms with Crippen LogP contribution in [0.4, 0.5) is 4.79 Å². The van der Waals surface area contributed by atoms with E-state index in [2.05, 4.69) is 4.98 Å². The van der Waals surface area contributed by atoms with Crippen molar-refractivity contribution in [2.45, 2.75) is 32.0 Å². The third kappa shape index (κ3) is 3.49. The Morgan fingerprint density at radius 1 is 1.48 bits per heavy atom. The van der Waals surface area contributed by atoms with Crippen LogP contribution in [-0.2, 0) is 11.3 Å². The minimum atomic E-state index is -1.10. The van der Waals surface area contributed by atoms with Crippen molar-refractivity contribution in [2.24, 2.45) is 0 Å². The van der Waals surface area contributed by atoms with Crippen molar-refractivity contribution < 1.29 is 19.8 Å². The number of urea groups is 1. The first-order chi connectivity index (χ1) is 9.88. The van der Waals surface area contributed by atoms with Crippen molar-refractivity contribution in [2.75, 3.05) is 13.6 Å². The van der Waals surface area contributed by atoms with Crippen LogP contribution in [0, 0.1) is 6.92 Å². The van der Waals surface area contributed by atoms with E-state index in [0.717, 1.165) is 11.4 Å². The highest BCUT2D eigenvalue weighted by Gasteiger charge is 2.40. The molecule has 2 amide bonds. The molecule has 1 fully saturated rings. The first kappa shape index (κ1) is 15.2. The van der Waals surface area contributed by atoms with Gasteiger partial charge < -0.3 is 20.0 Å². The predicted octanol–water partition coefficient (Wildman–Crippen LogP) is 0.462. The number of hydrogen-bond acceptors (Lipinski definition) is 4. The molecule has 0 saturated carbocycles. The Morgan fingerprint density at radius 2 is 2.19 bits per heavy atom. The van der Waals surface area contributed by atoms with Crippen LogP contribution >= 0.6 is 0 Å². The molecular weight excluding hydrogens is 274 g/mol. The lowest BCUT2D eigenvalue weighted by atomic mass is 10.2. The van der Waals surface area contributed by atoms with Crippen LogP contribution in [0.5, 0.6) is 0 Å². The van der Waals surface area contributed by atoms with Gasteiger partial charge in [0.2, 0.25) is 0 Å². The summed E-state index contributed by atoms with van der Waals surface area (Å²) in [6.45, 7) is 2.20. The van der Waals surface area contributed by atoms with Gasteiger partial charge in [-0.1, -0.05) is 6.07 Å². The number of aliphatic hydroxyl groups is 1. The highest BCUT2D eigenvalue weighted by Crippen LogP contribution is 2.20. The number of pyridine rings is 1. The van der Waals surface area contributed by atoms with Gasteiger partial charge in [-0.25, -0.2) is 9.59 Å². The molecule has 0 unspecified atom stereocenters. The molecular formula is C14H19N3O4. The van der Waals surface area contributed by atoms with E-state index >= 15 is 0 Å². The number of hydrogen-bond donors (Lipinski definition) is 2. The number of carbonyl (C=O) groups excluding carboxylic acids is 1. The Kier molecular flexibility index (Phi) is 4.42.